The molecule has 0 radical (unpaired) electrons. The fraction of sp³-hybridized carbons (Fsp3) is 0.286. The maximum atomic E-state index is 14.8. The summed E-state index contributed by atoms with van der Waals surface area (Å²) in [4.78, 5) is 22.5. The van der Waals surface area contributed by atoms with Crippen LogP contribution in [0.1, 0.15) is 46.7 Å². The maximum Gasteiger partial charge on any atom is 0.254 e. The Morgan fingerprint density at radius 3 is 2.66 bits per heavy atom. The van der Waals surface area contributed by atoms with Crippen molar-refractivity contribution in [3.63, 3.8) is 0 Å². The number of hydrogen-bond acceptors (Lipinski definition) is 6. The van der Waals surface area contributed by atoms with Crippen LogP contribution in [0.15, 0.2) is 53.4 Å². The molecule has 0 aliphatic carbocycles. The number of benzene rings is 3. The second-order valence-corrected chi connectivity index (χ2v) is 11.6. The van der Waals surface area contributed by atoms with Crippen LogP contribution in [0.2, 0.25) is 0 Å². The van der Waals surface area contributed by atoms with Crippen LogP contribution in [0.4, 0.5) is 4.39 Å². The van der Waals surface area contributed by atoms with Crippen molar-refractivity contribution in [2.24, 2.45) is 5.73 Å². The van der Waals surface area contributed by atoms with Crippen LogP contribution < -0.4 is 10.5 Å². The molecule has 1 aliphatic rings. The predicted octanol–water partition coefficient (Wildman–Crippen LogP) is 4.53. The molecule has 0 unspecified atom stereocenters. The van der Waals surface area contributed by atoms with Gasteiger partial charge >= 0.3 is 0 Å². The van der Waals surface area contributed by atoms with E-state index in [2.05, 4.69) is 9.97 Å². The number of halogens is 1. The van der Waals surface area contributed by atoms with Gasteiger partial charge in [0.1, 0.15) is 28.9 Å². The van der Waals surface area contributed by atoms with Gasteiger partial charge < -0.3 is 20.4 Å². The molecule has 198 valence electrons. The number of amides is 1. The fourth-order valence-corrected chi connectivity index (χ4v) is 5.47. The number of carbonyl (C=O) groups excluding carboxylic acids is 1. The third-order valence-corrected chi connectivity index (χ3v) is 8.05. The van der Waals surface area contributed by atoms with Gasteiger partial charge in [-0.1, -0.05) is 19.1 Å². The number of fused-ring (bicyclic) bond motifs is 2. The Hall–Kier alpha value is -3.76. The minimum Gasteiger partial charge on any atom is -0.491 e. The summed E-state index contributed by atoms with van der Waals surface area (Å²) >= 11 is 0. The van der Waals surface area contributed by atoms with Crippen LogP contribution in [-0.2, 0) is 16.4 Å². The molecule has 0 spiro atoms. The molecule has 8 nitrogen and oxygen atoms in total. The number of rotatable bonds is 5. The topological polar surface area (TPSA) is 118 Å². The summed E-state index contributed by atoms with van der Waals surface area (Å²) in [6, 6.07) is 14.2. The highest BCUT2D eigenvalue weighted by molar-refractivity contribution is 7.90. The van der Waals surface area contributed by atoms with Gasteiger partial charge in [-0.25, -0.2) is 17.8 Å². The predicted molar refractivity (Wildman–Crippen MR) is 143 cm³/mol. The third kappa shape index (κ3) is 4.77. The molecule has 1 amide bonds. The molecule has 1 atom stereocenters. The summed E-state index contributed by atoms with van der Waals surface area (Å²) in [5.74, 6) is 0.143. The second-order valence-electron chi connectivity index (χ2n) is 9.59. The Bertz CT molecular complexity index is 1670. The molecule has 4 aromatic rings. The van der Waals surface area contributed by atoms with Crippen molar-refractivity contribution < 1.29 is 22.3 Å². The van der Waals surface area contributed by atoms with Crippen LogP contribution in [-0.4, -0.2) is 48.6 Å². The van der Waals surface area contributed by atoms with Gasteiger partial charge in [0, 0.05) is 23.9 Å². The van der Waals surface area contributed by atoms with Gasteiger partial charge in [0.05, 0.1) is 23.6 Å². The first-order valence-electron chi connectivity index (χ1n) is 12.4. The van der Waals surface area contributed by atoms with Crippen LogP contribution in [0.5, 0.6) is 5.75 Å². The lowest BCUT2D eigenvalue weighted by molar-refractivity contribution is 0.0731. The molecule has 2 heterocycles. The molecule has 0 saturated carbocycles. The molecule has 5 rings (SSSR count). The number of hydrogen-bond donors (Lipinski definition) is 2. The van der Waals surface area contributed by atoms with Gasteiger partial charge in [0.2, 0.25) is 0 Å². The molecule has 1 aliphatic heterocycles. The number of aromatic nitrogens is 2. The third-order valence-electron chi connectivity index (χ3n) is 6.93. The van der Waals surface area contributed by atoms with Gasteiger partial charge in [-0.3, -0.25) is 4.79 Å². The molecule has 38 heavy (non-hydrogen) atoms. The average molecular weight is 537 g/mol. The number of sulfone groups is 1. The van der Waals surface area contributed by atoms with Crippen LogP contribution in [0.3, 0.4) is 0 Å². The molecule has 0 bridgehead atoms. The lowest BCUT2D eigenvalue weighted by Gasteiger charge is -2.21. The summed E-state index contributed by atoms with van der Waals surface area (Å²) in [6.45, 7) is 4.28. The van der Waals surface area contributed by atoms with E-state index in [1.165, 1.54) is 13.0 Å². The number of H-pyrrole nitrogens is 1. The highest BCUT2D eigenvalue weighted by atomic mass is 32.2. The normalized spacial score (nSPS) is 14.6. The number of imidazole rings is 1. The van der Waals surface area contributed by atoms with Crippen molar-refractivity contribution in [1.82, 2.24) is 14.9 Å². The number of ether oxygens (including phenoxy) is 1. The largest absolute Gasteiger partial charge is 0.491 e. The van der Waals surface area contributed by atoms with E-state index >= 15 is 0 Å². The minimum absolute atomic E-state index is 0.00656. The first-order chi connectivity index (χ1) is 18.1. The molecule has 0 saturated heterocycles. The maximum absolute atomic E-state index is 14.8. The van der Waals surface area contributed by atoms with Crippen LogP contribution >= 0.6 is 0 Å². The van der Waals surface area contributed by atoms with Gasteiger partial charge in [-0.15, -0.1) is 0 Å². The first kappa shape index (κ1) is 25.9. The highest BCUT2D eigenvalue weighted by Crippen LogP contribution is 2.32. The van der Waals surface area contributed by atoms with Crippen molar-refractivity contribution in [3.05, 3.63) is 76.9 Å². The van der Waals surface area contributed by atoms with Crippen molar-refractivity contribution in [2.75, 3.05) is 19.4 Å². The average Bonchev–Trinajstić information content (AvgIpc) is 3.20. The fourth-order valence-electron chi connectivity index (χ4n) is 4.67. The lowest BCUT2D eigenvalue weighted by atomic mass is 10.0. The molecule has 1 aromatic heterocycles. The monoisotopic (exact) mass is 536 g/mol. The highest BCUT2D eigenvalue weighted by Gasteiger charge is 2.26. The second kappa shape index (κ2) is 9.85. The van der Waals surface area contributed by atoms with E-state index in [1.807, 2.05) is 43.3 Å². The number of aromatic amines is 1. The Morgan fingerprint density at radius 1 is 1.18 bits per heavy atom. The van der Waals surface area contributed by atoms with Crippen molar-refractivity contribution in [3.8, 4) is 16.9 Å². The van der Waals surface area contributed by atoms with Crippen molar-refractivity contribution in [2.45, 2.75) is 37.8 Å². The quantitative estimate of drug-likeness (QED) is 0.387. The zero-order chi connectivity index (χ0) is 27.2. The summed E-state index contributed by atoms with van der Waals surface area (Å²) in [6.07, 6.45) is 1.72. The Labute approximate surface area is 220 Å². The standard InChI is InChI=1S/C28H29FN4O4S/c1-4-21(30)27-31-22-8-5-18(14-23(22)32-27)17-6-9-24-19(13-17)15-33(11-12-37-24)28(34)20-7-10-25(38(3,35)36)26(29)16(20)2/h5-10,13-14,21H,4,11-12,15,30H2,1-3H3,(H,31,32)/t21-/m0/s1. The van der Waals surface area contributed by atoms with E-state index < -0.39 is 20.5 Å². The summed E-state index contributed by atoms with van der Waals surface area (Å²) in [5.41, 5.74) is 10.7. The van der Waals surface area contributed by atoms with Gasteiger partial charge in [-0.2, -0.15) is 0 Å². The molecule has 0 fully saturated rings. The zero-order valence-electron chi connectivity index (χ0n) is 21.4. The van der Waals surface area contributed by atoms with E-state index in [0.717, 1.165) is 52.3 Å². The van der Waals surface area contributed by atoms with E-state index in [9.17, 15) is 17.6 Å². The van der Waals surface area contributed by atoms with E-state index in [0.29, 0.717) is 12.3 Å². The number of carbonyl (C=O) groups is 1. The minimum atomic E-state index is -3.75. The molecule has 3 N–H and O–H groups in total. The van der Waals surface area contributed by atoms with Crippen molar-refractivity contribution in [1.29, 1.82) is 0 Å². The summed E-state index contributed by atoms with van der Waals surface area (Å²) < 4.78 is 44.5. The number of nitrogens with zero attached hydrogens (tertiary/aromatic N) is 2. The van der Waals surface area contributed by atoms with Gasteiger partial charge in [-0.05, 0) is 66.4 Å². The summed E-state index contributed by atoms with van der Waals surface area (Å²) in [5, 5.41) is 0. The summed E-state index contributed by atoms with van der Waals surface area (Å²) in [7, 11) is -3.75. The Balaban J connectivity index is 1.45. The van der Waals surface area contributed by atoms with E-state index in [1.54, 1.807) is 4.90 Å². The SMILES string of the molecule is CC[C@H](N)c1nc2ccc(-c3ccc4c(c3)CN(C(=O)c3ccc(S(C)(=O)=O)c(F)c3C)CCO4)cc2[nH]1. The lowest BCUT2D eigenvalue weighted by Crippen LogP contribution is -2.33. The van der Waals surface area contributed by atoms with Gasteiger partial charge in [0.15, 0.2) is 9.84 Å². The Kier molecular flexibility index (Phi) is 6.70. The molecule has 3 aromatic carbocycles. The smallest absolute Gasteiger partial charge is 0.254 e. The zero-order valence-corrected chi connectivity index (χ0v) is 22.2. The number of nitrogens with one attached hydrogen (secondary N) is 1. The first-order valence-corrected chi connectivity index (χ1v) is 14.3. The molecule has 10 heteroatoms. The van der Waals surface area contributed by atoms with E-state index in [4.69, 9.17) is 10.5 Å². The molecular formula is C28H29FN4O4S. The molecular weight excluding hydrogens is 507 g/mol. The van der Waals surface area contributed by atoms with Crippen molar-refractivity contribution >= 4 is 26.8 Å². The van der Waals surface area contributed by atoms with Crippen LogP contribution in [0.25, 0.3) is 22.2 Å². The Morgan fingerprint density at radius 2 is 1.92 bits per heavy atom. The van der Waals surface area contributed by atoms with Gasteiger partial charge in [0.25, 0.3) is 5.91 Å². The van der Waals surface area contributed by atoms with E-state index in [-0.39, 0.29) is 36.2 Å². The number of nitrogens with two attached hydrogens (primary N) is 1. The van der Waals surface area contributed by atoms with Crippen LogP contribution in [0, 0.1) is 12.7 Å².